The molecule has 0 N–H and O–H groups in total. The van der Waals surface area contributed by atoms with Crippen LogP contribution < -0.4 is 4.74 Å². The van der Waals surface area contributed by atoms with Crippen molar-refractivity contribution in [3.05, 3.63) is 88.7 Å². The minimum Gasteiger partial charge on any atom is -0.491 e. The topological polar surface area (TPSA) is 9.23 Å². The average Bonchev–Trinajstić information content (AvgIpc) is 2.87. The lowest BCUT2D eigenvalue weighted by atomic mass is 9.77. The van der Waals surface area contributed by atoms with Crippen LogP contribution in [0.25, 0.3) is 11.1 Å². The minimum atomic E-state index is -0.757. The Labute approximate surface area is 207 Å². The first-order valence-corrected chi connectivity index (χ1v) is 13.0. The van der Waals surface area contributed by atoms with Gasteiger partial charge in [0.1, 0.15) is 0 Å². The number of benzene rings is 3. The number of rotatable bonds is 9. The lowest BCUT2D eigenvalue weighted by molar-refractivity contribution is 0.306. The predicted molar refractivity (Wildman–Crippen MR) is 136 cm³/mol. The predicted octanol–water partition coefficient (Wildman–Crippen LogP) is 9.03. The maximum absolute atomic E-state index is 14.9. The van der Waals surface area contributed by atoms with Crippen molar-refractivity contribution in [3.8, 4) is 16.9 Å². The van der Waals surface area contributed by atoms with Gasteiger partial charge < -0.3 is 4.74 Å². The van der Waals surface area contributed by atoms with Crippen LogP contribution in [-0.2, 0) is 12.8 Å². The van der Waals surface area contributed by atoms with Gasteiger partial charge >= 0.3 is 0 Å². The number of ether oxygens (including phenoxy) is 1. The molecule has 3 aromatic carbocycles. The van der Waals surface area contributed by atoms with Crippen molar-refractivity contribution in [2.45, 2.75) is 71.1 Å². The minimum absolute atomic E-state index is 0.302. The Morgan fingerprint density at radius 3 is 2.20 bits per heavy atom. The molecule has 1 fully saturated rings. The van der Waals surface area contributed by atoms with Crippen LogP contribution in [-0.4, -0.2) is 6.61 Å². The van der Waals surface area contributed by atoms with Crippen molar-refractivity contribution in [2.75, 3.05) is 6.61 Å². The fraction of sp³-hybridized carbons (Fsp3) is 0.419. The van der Waals surface area contributed by atoms with Gasteiger partial charge in [-0.2, -0.15) is 0 Å². The van der Waals surface area contributed by atoms with Gasteiger partial charge in [0.05, 0.1) is 6.61 Å². The Morgan fingerprint density at radius 1 is 0.800 bits per heavy atom. The molecule has 35 heavy (non-hydrogen) atoms. The van der Waals surface area contributed by atoms with Gasteiger partial charge in [0.15, 0.2) is 23.2 Å². The second-order valence-corrected chi connectivity index (χ2v) is 9.73. The fourth-order valence-electron chi connectivity index (χ4n) is 5.33. The van der Waals surface area contributed by atoms with Crippen LogP contribution in [0.2, 0.25) is 0 Å². The van der Waals surface area contributed by atoms with Crippen molar-refractivity contribution in [3.63, 3.8) is 0 Å². The van der Waals surface area contributed by atoms with E-state index in [1.165, 1.54) is 5.56 Å². The third kappa shape index (κ3) is 6.09. The molecule has 1 saturated carbocycles. The molecular weight excluding hydrogens is 445 g/mol. The van der Waals surface area contributed by atoms with Crippen molar-refractivity contribution in [1.29, 1.82) is 0 Å². The number of aryl methyl sites for hydroxylation is 2. The maximum atomic E-state index is 14.9. The SMILES string of the molecule is CCCc1ccc(-c2ccc(CCC3CCC(c4ccc(OCC)c(F)c4)CC3)c(F)c2F)cc1. The molecule has 0 amide bonds. The van der Waals surface area contributed by atoms with Crippen LogP contribution in [0, 0.1) is 23.4 Å². The van der Waals surface area contributed by atoms with Crippen LogP contribution in [0.3, 0.4) is 0 Å². The van der Waals surface area contributed by atoms with E-state index < -0.39 is 11.6 Å². The number of hydrogen-bond donors (Lipinski definition) is 0. The monoisotopic (exact) mass is 480 g/mol. The van der Waals surface area contributed by atoms with Crippen LogP contribution in [0.4, 0.5) is 13.2 Å². The molecule has 0 bridgehead atoms. The summed E-state index contributed by atoms with van der Waals surface area (Å²) in [6.07, 6.45) is 7.42. The smallest absolute Gasteiger partial charge is 0.166 e. The summed E-state index contributed by atoms with van der Waals surface area (Å²) < 4.78 is 49.3. The normalized spacial score (nSPS) is 18.0. The molecule has 4 heteroatoms. The zero-order valence-electron chi connectivity index (χ0n) is 20.8. The Hall–Kier alpha value is -2.75. The van der Waals surface area contributed by atoms with Gasteiger partial charge in [-0.05, 0) is 98.1 Å². The van der Waals surface area contributed by atoms with E-state index >= 15 is 0 Å². The molecule has 0 aromatic heterocycles. The summed E-state index contributed by atoms with van der Waals surface area (Å²) in [6, 6.07) is 16.5. The third-order valence-corrected chi connectivity index (χ3v) is 7.36. The highest BCUT2D eigenvalue weighted by molar-refractivity contribution is 5.65. The Morgan fingerprint density at radius 2 is 1.54 bits per heavy atom. The quantitative estimate of drug-likeness (QED) is 0.297. The van der Waals surface area contributed by atoms with Crippen LogP contribution in [0.1, 0.15) is 75.0 Å². The van der Waals surface area contributed by atoms with Gasteiger partial charge in [-0.1, -0.05) is 55.8 Å². The van der Waals surface area contributed by atoms with Crippen LogP contribution in [0.5, 0.6) is 5.75 Å². The molecule has 0 saturated heterocycles. The largest absolute Gasteiger partial charge is 0.491 e. The van der Waals surface area contributed by atoms with Gasteiger partial charge in [-0.25, -0.2) is 13.2 Å². The lowest BCUT2D eigenvalue weighted by Crippen LogP contribution is -2.14. The highest BCUT2D eigenvalue weighted by Crippen LogP contribution is 2.39. The number of halogens is 3. The van der Waals surface area contributed by atoms with Gasteiger partial charge in [0.2, 0.25) is 0 Å². The highest BCUT2D eigenvalue weighted by Gasteiger charge is 2.24. The summed E-state index contributed by atoms with van der Waals surface area (Å²) in [4.78, 5) is 0. The van der Waals surface area contributed by atoms with E-state index in [1.807, 2.05) is 37.3 Å². The van der Waals surface area contributed by atoms with Gasteiger partial charge in [0, 0.05) is 5.56 Å². The maximum Gasteiger partial charge on any atom is 0.166 e. The van der Waals surface area contributed by atoms with E-state index in [0.717, 1.165) is 50.5 Å². The van der Waals surface area contributed by atoms with Crippen molar-refractivity contribution < 1.29 is 17.9 Å². The summed E-state index contributed by atoms with van der Waals surface area (Å²) in [5, 5.41) is 0. The Kier molecular flexibility index (Phi) is 8.54. The molecule has 4 rings (SSSR count). The standard InChI is InChI=1S/C31H35F3O/c1-3-5-21-8-13-24(14-9-21)27-18-16-25(30(33)31(27)34)15-10-22-6-11-23(12-7-22)26-17-19-29(35-4-2)28(32)20-26/h8-9,13-14,16-20,22-23H,3-7,10-12,15H2,1-2H3. The molecule has 0 unspecified atom stereocenters. The summed E-state index contributed by atoms with van der Waals surface area (Å²) in [6.45, 7) is 4.41. The molecule has 1 aliphatic carbocycles. The van der Waals surface area contributed by atoms with Crippen LogP contribution >= 0.6 is 0 Å². The van der Waals surface area contributed by atoms with E-state index in [4.69, 9.17) is 4.74 Å². The number of hydrogen-bond acceptors (Lipinski definition) is 1. The summed E-state index contributed by atoms with van der Waals surface area (Å²) >= 11 is 0. The molecule has 0 radical (unpaired) electrons. The van der Waals surface area contributed by atoms with E-state index in [9.17, 15) is 13.2 Å². The van der Waals surface area contributed by atoms with Crippen molar-refractivity contribution in [1.82, 2.24) is 0 Å². The van der Waals surface area contributed by atoms with E-state index in [-0.39, 0.29) is 5.82 Å². The summed E-state index contributed by atoms with van der Waals surface area (Å²) in [5.74, 6) is -0.658. The second-order valence-electron chi connectivity index (χ2n) is 9.73. The zero-order valence-corrected chi connectivity index (χ0v) is 20.8. The van der Waals surface area contributed by atoms with E-state index in [1.54, 1.807) is 24.3 Å². The van der Waals surface area contributed by atoms with Crippen molar-refractivity contribution >= 4 is 0 Å². The highest BCUT2D eigenvalue weighted by atomic mass is 19.2. The Balaban J connectivity index is 1.33. The van der Waals surface area contributed by atoms with Gasteiger partial charge in [-0.15, -0.1) is 0 Å². The van der Waals surface area contributed by atoms with Crippen LogP contribution in [0.15, 0.2) is 54.6 Å². The zero-order chi connectivity index (χ0) is 24.8. The Bertz CT molecular complexity index is 1110. The lowest BCUT2D eigenvalue weighted by Gasteiger charge is -2.29. The molecule has 1 nitrogen and oxygen atoms in total. The fourth-order valence-corrected chi connectivity index (χ4v) is 5.33. The molecule has 0 aliphatic heterocycles. The van der Waals surface area contributed by atoms with Gasteiger partial charge in [-0.3, -0.25) is 0 Å². The molecule has 0 heterocycles. The molecule has 1 aliphatic rings. The molecule has 3 aromatic rings. The third-order valence-electron chi connectivity index (χ3n) is 7.36. The van der Waals surface area contributed by atoms with Gasteiger partial charge in [0.25, 0.3) is 0 Å². The van der Waals surface area contributed by atoms with E-state index in [0.29, 0.717) is 47.3 Å². The first-order chi connectivity index (χ1) is 17.0. The summed E-state index contributed by atoms with van der Waals surface area (Å²) in [5.41, 5.74) is 3.70. The first-order valence-electron chi connectivity index (χ1n) is 13.0. The van der Waals surface area contributed by atoms with E-state index in [2.05, 4.69) is 6.92 Å². The second kappa shape index (κ2) is 11.8. The van der Waals surface area contributed by atoms with Crippen molar-refractivity contribution in [2.24, 2.45) is 5.92 Å². The molecule has 186 valence electrons. The molecule has 0 atom stereocenters. The first kappa shape index (κ1) is 25.3. The molecular formula is C31H35F3O. The molecule has 0 spiro atoms. The summed E-state index contributed by atoms with van der Waals surface area (Å²) in [7, 11) is 0. The average molecular weight is 481 g/mol.